The summed E-state index contributed by atoms with van der Waals surface area (Å²) in [7, 11) is 0. The van der Waals surface area contributed by atoms with Gasteiger partial charge in [-0.2, -0.15) is 0 Å². The first kappa shape index (κ1) is 17.4. The molecule has 1 N–H and O–H groups in total. The number of hydrogen-bond donors (Lipinski definition) is 1. The molecule has 0 spiro atoms. The molecule has 8 heteroatoms. The van der Waals surface area contributed by atoms with Gasteiger partial charge in [-0.05, 0) is 17.5 Å². The summed E-state index contributed by atoms with van der Waals surface area (Å²) in [6.07, 6.45) is 0. The van der Waals surface area contributed by atoms with Gasteiger partial charge in [0.25, 0.3) is 5.91 Å². The smallest absolute Gasteiger partial charge is 0.259 e. The molecule has 0 radical (unpaired) electrons. The number of benzene rings is 1. The number of anilines is 1. The van der Waals surface area contributed by atoms with Crippen molar-refractivity contribution in [1.82, 2.24) is 10.2 Å². The number of amides is 1. The van der Waals surface area contributed by atoms with Crippen LogP contribution in [-0.4, -0.2) is 16.1 Å². The van der Waals surface area contributed by atoms with Crippen LogP contribution < -0.4 is 5.32 Å². The van der Waals surface area contributed by atoms with Gasteiger partial charge in [-0.3, -0.25) is 10.1 Å². The maximum absolute atomic E-state index is 12.2. The first-order valence-electron chi connectivity index (χ1n) is 7.14. The fourth-order valence-corrected chi connectivity index (χ4v) is 4.26. The Labute approximate surface area is 157 Å². The van der Waals surface area contributed by atoms with Crippen LogP contribution in [0.4, 0.5) is 5.13 Å². The first-order valence-corrected chi connectivity index (χ1v) is 9.53. The van der Waals surface area contributed by atoms with Crippen LogP contribution in [0.3, 0.4) is 0 Å². The number of aromatic nitrogens is 2. The Balaban J connectivity index is 1.76. The Morgan fingerprint density at radius 1 is 1.12 bits per heavy atom. The number of halogens is 2. The maximum Gasteiger partial charge on any atom is 0.259 e. The van der Waals surface area contributed by atoms with Crippen molar-refractivity contribution in [3.63, 3.8) is 0 Å². The molecule has 2 heterocycles. The topological polar surface area (TPSA) is 54.9 Å². The molecule has 0 unspecified atom stereocenters. The van der Waals surface area contributed by atoms with Gasteiger partial charge in [0.1, 0.15) is 9.34 Å². The van der Waals surface area contributed by atoms with Crippen molar-refractivity contribution in [2.45, 2.75) is 19.8 Å². The number of rotatable bonds is 4. The van der Waals surface area contributed by atoms with Crippen molar-refractivity contribution >= 4 is 56.9 Å². The molecule has 2 aromatic heterocycles. The SMILES string of the molecule is CC(C)c1ccc(-c2nnc(NC(=O)c3cc(Cl)sc3Cl)s2)cc1. The second-order valence-corrected chi connectivity index (χ2v) is 8.64. The van der Waals surface area contributed by atoms with Crippen LogP contribution in [0.15, 0.2) is 30.3 Å². The van der Waals surface area contributed by atoms with Crippen molar-refractivity contribution in [1.29, 1.82) is 0 Å². The summed E-state index contributed by atoms with van der Waals surface area (Å²) in [5.41, 5.74) is 2.57. The molecule has 0 saturated heterocycles. The number of thiophene rings is 1. The summed E-state index contributed by atoms with van der Waals surface area (Å²) >= 11 is 14.3. The summed E-state index contributed by atoms with van der Waals surface area (Å²) in [4.78, 5) is 12.2. The molecule has 0 saturated carbocycles. The van der Waals surface area contributed by atoms with Crippen molar-refractivity contribution in [2.75, 3.05) is 5.32 Å². The quantitative estimate of drug-likeness (QED) is 0.591. The van der Waals surface area contributed by atoms with E-state index in [2.05, 4.69) is 41.5 Å². The van der Waals surface area contributed by atoms with Gasteiger partial charge in [-0.1, -0.05) is 72.7 Å². The normalized spacial score (nSPS) is 11.0. The maximum atomic E-state index is 12.2. The van der Waals surface area contributed by atoms with E-state index in [1.54, 1.807) is 0 Å². The number of carbonyl (C=O) groups is 1. The van der Waals surface area contributed by atoms with Gasteiger partial charge in [0, 0.05) is 5.56 Å². The molecule has 124 valence electrons. The van der Waals surface area contributed by atoms with E-state index in [1.165, 1.54) is 23.0 Å². The molecule has 4 nitrogen and oxygen atoms in total. The molecule has 0 aliphatic rings. The third-order valence-corrected chi connectivity index (χ3v) is 5.75. The van der Waals surface area contributed by atoms with Crippen LogP contribution in [0, 0.1) is 0 Å². The van der Waals surface area contributed by atoms with Gasteiger partial charge < -0.3 is 0 Å². The molecule has 0 fully saturated rings. The molecular weight excluding hydrogens is 385 g/mol. The fraction of sp³-hybridized carbons (Fsp3) is 0.188. The van der Waals surface area contributed by atoms with Crippen molar-refractivity contribution in [2.24, 2.45) is 0 Å². The monoisotopic (exact) mass is 397 g/mol. The minimum absolute atomic E-state index is 0.338. The highest BCUT2D eigenvalue weighted by atomic mass is 35.5. The zero-order valence-electron chi connectivity index (χ0n) is 12.8. The van der Waals surface area contributed by atoms with Gasteiger partial charge in [-0.25, -0.2) is 0 Å². The predicted molar refractivity (Wildman–Crippen MR) is 102 cm³/mol. The first-order chi connectivity index (χ1) is 11.4. The third kappa shape index (κ3) is 3.78. The van der Waals surface area contributed by atoms with E-state index in [0.717, 1.165) is 21.9 Å². The number of hydrogen-bond acceptors (Lipinski definition) is 5. The van der Waals surface area contributed by atoms with Crippen molar-refractivity contribution < 1.29 is 4.79 Å². The van der Waals surface area contributed by atoms with Crippen molar-refractivity contribution in [3.05, 3.63) is 50.1 Å². The van der Waals surface area contributed by atoms with E-state index in [4.69, 9.17) is 23.2 Å². The Hall–Kier alpha value is -1.47. The van der Waals surface area contributed by atoms with Gasteiger partial charge >= 0.3 is 0 Å². The van der Waals surface area contributed by atoms with Crippen LogP contribution >= 0.6 is 45.9 Å². The Morgan fingerprint density at radius 3 is 2.42 bits per heavy atom. The molecule has 3 aromatic rings. The number of nitrogens with zero attached hydrogens (tertiary/aromatic N) is 2. The average molecular weight is 398 g/mol. The van der Waals surface area contributed by atoms with E-state index in [0.29, 0.717) is 25.3 Å². The molecule has 0 aliphatic carbocycles. The number of carbonyl (C=O) groups excluding carboxylic acids is 1. The molecule has 0 aliphatic heterocycles. The predicted octanol–water partition coefficient (Wildman–Crippen LogP) is 5.95. The lowest BCUT2D eigenvalue weighted by molar-refractivity contribution is 0.102. The lowest BCUT2D eigenvalue weighted by Crippen LogP contribution is -2.11. The fourth-order valence-electron chi connectivity index (χ4n) is 2.06. The van der Waals surface area contributed by atoms with Crippen LogP contribution in [0.2, 0.25) is 8.67 Å². The highest BCUT2D eigenvalue weighted by Gasteiger charge is 2.16. The van der Waals surface area contributed by atoms with Gasteiger partial charge in [0.15, 0.2) is 0 Å². The summed E-state index contributed by atoms with van der Waals surface area (Å²) in [6, 6.07) is 9.71. The lowest BCUT2D eigenvalue weighted by Gasteiger charge is -2.04. The summed E-state index contributed by atoms with van der Waals surface area (Å²) in [6.45, 7) is 4.30. The molecular formula is C16H13Cl2N3OS2. The zero-order valence-corrected chi connectivity index (χ0v) is 16.0. The molecule has 1 amide bonds. The van der Waals surface area contributed by atoms with Crippen LogP contribution in [0.5, 0.6) is 0 Å². The molecule has 0 atom stereocenters. The highest BCUT2D eigenvalue weighted by molar-refractivity contribution is 7.20. The summed E-state index contributed by atoms with van der Waals surface area (Å²) < 4.78 is 0.819. The second-order valence-electron chi connectivity index (χ2n) is 5.38. The van der Waals surface area contributed by atoms with E-state index >= 15 is 0 Å². The van der Waals surface area contributed by atoms with E-state index < -0.39 is 0 Å². The lowest BCUT2D eigenvalue weighted by atomic mass is 10.0. The van der Waals surface area contributed by atoms with Crippen LogP contribution in [-0.2, 0) is 0 Å². The largest absolute Gasteiger partial charge is 0.296 e. The number of nitrogens with one attached hydrogen (secondary N) is 1. The molecule has 3 rings (SSSR count). The van der Waals surface area contributed by atoms with Gasteiger partial charge in [0.05, 0.1) is 9.90 Å². The van der Waals surface area contributed by atoms with Gasteiger partial charge in [0.2, 0.25) is 5.13 Å². The van der Waals surface area contributed by atoms with Crippen molar-refractivity contribution in [3.8, 4) is 10.6 Å². The standard InChI is InChI=1S/C16H13Cl2N3OS2/c1-8(2)9-3-5-10(6-4-9)15-20-21-16(24-15)19-14(22)11-7-12(17)23-13(11)18/h3-8H,1-2H3,(H,19,21,22). The highest BCUT2D eigenvalue weighted by Crippen LogP contribution is 2.32. The average Bonchev–Trinajstić information content (AvgIpc) is 3.13. The minimum Gasteiger partial charge on any atom is -0.296 e. The molecule has 24 heavy (non-hydrogen) atoms. The Morgan fingerprint density at radius 2 is 1.83 bits per heavy atom. The van der Waals surface area contributed by atoms with Crippen LogP contribution in [0.1, 0.15) is 35.7 Å². The summed E-state index contributed by atoms with van der Waals surface area (Å²) in [5.74, 6) is 0.131. The van der Waals surface area contributed by atoms with Crippen LogP contribution in [0.25, 0.3) is 10.6 Å². The van der Waals surface area contributed by atoms with E-state index in [1.807, 2.05) is 12.1 Å². The zero-order chi connectivity index (χ0) is 17.3. The van der Waals surface area contributed by atoms with Gasteiger partial charge in [-0.15, -0.1) is 21.5 Å². The molecule has 0 bridgehead atoms. The second kappa shape index (κ2) is 7.19. The molecule has 1 aromatic carbocycles. The Bertz CT molecular complexity index is 872. The summed E-state index contributed by atoms with van der Waals surface area (Å²) in [5, 5.41) is 12.0. The van der Waals surface area contributed by atoms with E-state index in [9.17, 15) is 4.79 Å². The van der Waals surface area contributed by atoms with E-state index in [-0.39, 0.29) is 5.91 Å². The Kier molecular flexibility index (Phi) is 5.20. The minimum atomic E-state index is -0.346. The third-order valence-electron chi connectivity index (χ3n) is 3.37.